The number of hydrogen-bond acceptors (Lipinski definition) is 4. The van der Waals surface area contributed by atoms with Crippen LogP contribution in [-0.4, -0.2) is 47.7 Å². The van der Waals surface area contributed by atoms with E-state index >= 15 is 0 Å². The Hall–Kier alpha value is -0.810. The van der Waals surface area contributed by atoms with Crippen molar-refractivity contribution in [2.24, 2.45) is 11.8 Å². The Balaban J connectivity index is 2.26. The van der Waals surface area contributed by atoms with Crippen molar-refractivity contribution in [2.45, 2.75) is 123 Å². The van der Waals surface area contributed by atoms with Crippen molar-refractivity contribution in [2.75, 3.05) is 7.11 Å². The van der Waals surface area contributed by atoms with Crippen LogP contribution in [0.4, 0.5) is 4.79 Å². The average molecular weight is 398 g/mol. The lowest BCUT2D eigenvalue weighted by Gasteiger charge is -2.37. The molecule has 0 aromatic heterocycles. The van der Waals surface area contributed by atoms with Crippen LogP contribution in [0.2, 0.25) is 0 Å². The van der Waals surface area contributed by atoms with Crippen molar-refractivity contribution in [1.82, 2.24) is 4.90 Å². The lowest BCUT2D eigenvalue weighted by Crippen LogP contribution is -2.51. The summed E-state index contributed by atoms with van der Waals surface area (Å²) in [7, 11) is 1.77. The molecule has 2 rings (SSSR count). The number of nitrogens with zero attached hydrogens (tertiary/aromatic N) is 1. The van der Waals surface area contributed by atoms with Gasteiger partial charge in [0.15, 0.2) is 0 Å². The summed E-state index contributed by atoms with van der Waals surface area (Å²) in [5.74, 6) is 1.06. The molecular weight excluding hydrogens is 354 g/mol. The lowest BCUT2D eigenvalue weighted by molar-refractivity contribution is -0.0892. The van der Waals surface area contributed by atoms with E-state index in [9.17, 15) is 4.79 Å². The Kier molecular flexibility index (Phi) is 7.83. The molecule has 5 nitrogen and oxygen atoms in total. The Morgan fingerprint density at radius 2 is 1.79 bits per heavy atom. The molecule has 1 heterocycles. The molecule has 0 unspecified atom stereocenters. The van der Waals surface area contributed by atoms with Gasteiger partial charge in [-0.15, -0.1) is 0 Å². The van der Waals surface area contributed by atoms with Crippen LogP contribution < -0.4 is 0 Å². The van der Waals surface area contributed by atoms with Gasteiger partial charge >= 0.3 is 6.09 Å². The van der Waals surface area contributed by atoms with Crippen LogP contribution in [0.3, 0.4) is 0 Å². The fraction of sp³-hybridized carbons (Fsp3) is 0.957. The molecule has 0 N–H and O–H groups in total. The molecule has 164 valence electrons. The van der Waals surface area contributed by atoms with Crippen molar-refractivity contribution in [3.05, 3.63) is 0 Å². The van der Waals surface area contributed by atoms with Gasteiger partial charge in [-0.3, -0.25) is 4.90 Å². The predicted molar refractivity (Wildman–Crippen MR) is 112 cm³/mol. The van der Waals surface area contributed by atoms with Crippen molar-refractivity contribution < 1.29 is 19.0 Å². The summed E-state index contributed by atoms with van der Waals surface area (Å²) in [5.41, 5.74) is -1.20. The topological polar surface area (TPSA) is 48.0 Å². The highest BCUT2D eigenvalue weighted by Crippen LogP contribution is 2.41. The third-order valence-electron chi connectivity index (χ3n) is 6.18. The zero-order valence-corrected chi connectivity index (χ0v) is 19.4. The second-order valence-electron chi connectivity index (χ2n) is 10.5. The highest BCUT2D eigenvalue weighted by molar-refractivity contribution is 5.70. The molecule has 1 aliphatic heterocycles. The van der Waals surface area contributed by atoms with Crippen LogP contribution in [0.25, 0.3) is 0 Å². The molecule has 0 aromatic carbocycles. The molecule has 0 radical (unpaired) electrons. The lowest BCUT2D eigenvalue weighted by atomic mass is 9.82. The van der Waals surface area contributed by atoms with E-state index in [0.29, 0.717) is 11.8 Å². The zero-order chi connectivity index (χ0) is 21.1. The number of methoxy groups -OCH3 is 1. The maximum absolute atomic E-state index is 13.2. The first-order valence-electron chi connectivity index (χ1n) is 11.2. The molecule has 1 saturated heterocycles. The highest BCUT2D eigenvalue weighted by Gasteiger charge is 2.52. The van der Waals surface area contributed by atoms with E-state index in [4.69, 9.17) is 14.2 Å². The summed E-state index contributed by atoms with van der Waals surface area (Å²) in [6.45, 7) is 14.1. The summed E-state index contributed by atoms with van der Waals surface area (Å²) in [6.07, 6.45) is 8.05. The van der Waals surface area contributed by atoms with Gasteiger partial charge in [-0.25, -0.2) is 4.79 Å². The van der Waals surface area contributed by atoms with Crippen LogP contribution in [0, 0.1) is 11.8 Å². The van der Waals surface area contributed by atoms with Gasteiger partial charge in [0, 0.05) is 13.5 Å². The largest absolute Gasteiger partial charge is 0.444 e. The van der Waals surface area contributed by atoms with Gasteiger partial charge in [-0.1, -0.05) is 46.0 Å². The molecule has 0 spiro atoms. The van der Waals surface area contributed by atoms with Crippen LogP contribution in [-0.2, 0) is 14.2 Å². The van der Waals surface area contributed by atoms with E-state index in [0.717, 1.165) is 12.8 Å². The Labute approximate surface area is 172 Å². The first-order chi connectivity index (χ1) is 12.9. The van der Waals surface area contributed by atoms with Crippen molar-refractivity contribution in [3.8, 4) is 0 Å². The van der Waals surface area contributed by atoms with Gasteiger partial charge in [0.2, 0.25) is 0 Å². The van der Waals surface area contributed by atoms with Gasteiger partial charge in [-0.2, -0.15) is 0 Å². The standard InChI is InChI=1S/C23H43NO4/c1-16(2)19(26-8)15-20-18(14-17-12-10-9-11-13-17)24(23(6,7)27-20)21(25)28-22(3,4)5/h16-20H,9-15H2,1-8H3/t18-,19-,20-/m0/s1. The summed E-state index contributed by atoms with van der Waals surface area (Å²) in [5, 5.41) is 0. The molecule has 3 atom stereocenters. The molecular formula is C23H43NO4. The Bertz CT molecular complexity index is 505. The number of amides is 1. The fourth-order valence-corrected chi connectivity index (χ4v) is 4.83. The minimum atomic E-state index is -0.679. The first-order valence-corrected chi connectivity index (χ1v) is 11.2. The normalized spacial score (nSPS) is 27.2. The van der Waals surface area contributed by atoms with E-state index in [-0.39, 0.29) is 24.3 Å². The van der Waals surface area contributed by atoms with E-state index in [1.54, 1.807) is 7.11 Å². The third-order valence-corrected chi connectivity index (χ3v) is 6.18. The molecule has 0 bridgehead atoms. The first kappa shape index (κ1) is 23.5. The molecule has 28 heavy (non-hydrogen) atoms. The minimum Gasteiger partial charge on any atom is -0.444 e. The van der Waals surface area contributed by atoms with Crippen LogP contribution in [0.1, 0.15) is 93.4 Å². The summed E-state index contributed by atoms with van der Waals surface area (Å²) in [4.78, 5) is 15.0. The predicted octanol–water partition coefficient (Wildman–Crippen LogP) is 5.76. The van der Waals surface area contributed by atoms with Crippen molar-refractivity contribution in [3.63, 3.8) is 0 Å². The van der Waals surface area contributed by atoms with Gasteiger partial charge < -0.3 is 14.2 Å². The zero-order valence-electron chi connectivity index (χ0n) is 19.4. The molecule has 1 saturated carbocycles. The van der Waals surface area contributed by atoms with Crippen molar-refractivity contribution in [1.29, 1.82) is 0 Å². The van der Waals surface area contributed by atoms with Crippen molar-refractivity contribution >= 4 is 6.09 Å². The van der Waals surface area contributed by atoms with Crippen LogP contribution in [0.15, 0.2) is 0 Å². The molecule has 5 heteroatoms. The maximum atomic E-state index is 13.2. The highest BCUT2D eigenvalue weighted by atomic mass is 16.6. The summed E-state index contributed by atoms with van der Waals surface area (Å²) >= 11 is 0. The summed E-state index contributed by atoms with van der Waals surface area (Å²) in [6, 6.07) is 0.0318. The minimum absolute atomic E-state index is 0.0307. The molecule has 2 fully saturated rings. The average Bonchev–Trinajstić information content (AvgIpc) is 2.81. The summed E-state index contributed by atoms with van der Waals surface area (Å²) < 4.78 is 18.0. The SMILES string of the molecule is CO[C@@H](C[C@@H]1OC(C)(C)N(C(=O)OC(C)(C)C)[C@H]1CC1CCCCC1)C(C)C. The monoisotopic (exact) mass is 397 g/mol. The number of carbonyl (C=O) groups is 1. The van der Waals surface area contributed by atoms with Gasteiger partial charge in [0.05, 0.1) is 18.2 Å². The number of hydrogen-bond donors (Lipinski definition) is 0. The smallest absolute Gasteiger partial charge is 0.412 e. The number of carbonyl (C=O) groups excluding carboxylic acids is 1. The number of ether oxygens (including phenoxy) is 3. The molecule has 1 aliphatic carbocycles. The Morgan fingerprint density at radius 1 is 1.18 bits per heavy atom. The Morgan fingerprint density at radius 3 is 2.29 bits per heavy atom. The maximum Gasteiger partial charge on any atom is 0.412 e. The second-order valence-corrected chi connectivity index (χ2v) is 10.5. The van der Waals surface area contributed by atoms with Gasteiger partial charge in [-0.05, 0) is 52.9 Å². The van der Waals surface area contributed by atoms with E-state index in [1.165, 1.54) is 32.1 Å². The van der Waals surface area contributed by atoms with Crippen LogP contribution >= 0.6 is 0 Å². The van der Waals surface area contributed by atoms with E-state index in [2.05, 4.69) is 13.8 Å². The van der Waals surface area contributed by atoms with Gasteiger partial charge in [0.25, 0.3) is 0 Å². The van der Waals surface area contributed by atoms with Crippen LogP contribution in [0.5, 0.6) is 0 Å². The van der Waals surface area contributed by atoms with E-state index < -0.39 is 11.3 Å². The van der Waals surface area contributed by atoms with E-state index in [1.807, 2.05) is 39.5 Å². The molecule has 2 aliphatic rings. The third kappa shape index (κ3) is 6.09. The van der Waals surface area contributed by atoms with Gasteiger partial charge in [0.1, 0.15) is 11.3 Å². The fourth-order valence-electron chi connectivity index (χ4n) is 4.83. The number of rotatable bonds is 6. The second kappa shape index (κ2) is 9.34. The quantitative estimate of drug-likeness (QED) is 0.572. The molecule has 1 amide bonds. The molecule has 0 aromatic rings.